The zero-order chi connectivity index (χ0) is 13.5. The number of rotatable bonds is 6. The minimum absolute atomic E-state index is 0.145. The smallest absolute Gasteiger partial charge is 0.338 e. The van der Waals surface area contributed by atoms with Gasteiger partial charge in [-0.2, -0.15) is 0 Å². The quantitative estimate of drug-likeness (QED) is 0.580. The summed E-state index contributed by atoms with van der Waals surface area (Å²) in [5.41, 5.74) is 0.384. The number of aldehydes is 1. The molecule has 98 valence electrons. The summed E-state index contributed by atoms with van der Waals surface area (Å²) in [6.45, 7) is 1.89. The second kappa shape index (κ2) is 6.83. The van der Waals surface area contributed by atoms with E-state index in [1.807, 2.05) is 0 Å². The molecular weight excluding hydrogens is 242 g/mol. The molecule has 1 aromatic rings. The third kappa shape index (κ3) is 3.61. The first-order valence-corrected chi connectivity index (χ1v) is 5.61. The van der Waals surface area contributed by atoms with Crippen LogP contribution < -0.4 is 0 Å². The van der Waals surface area contributed by atoms with Crippen molar-refractivity contribution in [3.8, 4) is 0 Å². The van der Waals surface area contributed by atoms with Crippen molar-refractivity contribution in [1.82, 2.24) is 0 Å². The van der Waals surface area contributed by atoms with Crippen LogP contribution >= 0.6 is 0 Å². The Bertz CT molecular complexity index is 430. The second-order valence-electron chi connectivity index (χ2n) is 3.64. The van der Waals surface area contributed by atoms with Crippen LogP contribution in [0, 0.1) is 0 Å². The van der Waals surface area contributed by atoms with Crippen molar-refractivity contribution in [2.24, 2.45) is 0 Å². The van der Waals surface area contributed by atoms with Crippen molar-refractivity contribution in [3.63, 3.8) is 0 Å². The van der Waals surface area contributed by atoms with Gasteiger partial charge >= 0.3 is 5.97 Å². The molecule has 0 radical (unpaired) electrons. The van der Waals surface area contributed by atoms with E-state index < -0.39 is 12.4 Å². The number of carbonyl (C=O) groups is 2. The number of hydrogen-bond donors (Lipinski definition) is 0. The molecule has 3 nitrogen and oxygen atoms in total. The van der Waals surface area contributed by atoms with Crippen molar-refractivity contribution in [1.29, 1.82) is 0 Å². The van der Waals surface area contributed by atoms with Gasteiger partial charge in [0.2, 0.25) is 0 Å². The molecule has 1 rings (SSSR count). The van der Waals surface area contributed by atoms with Crippen LogP contribution in [-0.2, 0) is 16.0 Å². The molecule has 0 unspecified atom stereocenters. The minimum Gasteiger partial charge on any atom is -0.462 e. The van der Waals surface area contributed by atoms with Crippen LogP contribution in [0.5, 0.6) is 0 Å². The Morgan fingerprint density at radius 3 is 2.72 bits per heavy atom. The Balaban J connectivity index is 3.04. The summed E-state index contributed by atoms with van der Waals surface area (Å²) in [6, 6.07) is 3.88. The van der Waals surface area contributed by atoms with E-state index in [1.165, 1.54) is 18.2 Å². The maximum Gasteiger partial charge on any atom is 0.338 e. The summed E-state index contributed by atoms with van der Waals surface area (Å²) in [5.74, 6) is -0.550. The van der Waals surface area contributed by atoms with Crippen molar-refractivity contribution in [2.75, 3.05) is 6.61 Å². The summed E-state index contributed by atoms with van der Waals surface area (Å²) in [6.07, 6.45) is -1.63. The lowest BCUT2D eigenvalue weighted by Gasteiger charge is -2.10. The Labute approximate surface area is 104 Å². The number of alkyl halides is 2. The number of carbonyl (C=O) groups excluding carboxylic acids is 2. The minimum atomic E-state index is -2.62. The van der Waals surface area contributed by atoms with E-state index in [-0.39, 0.29) is 30.6 Å². The van der Waals surface area contributed by atoms with E-state index in [9.17, 15) is 18.4 Å². The molecule has 0 saturated heterocycles. The van der Waals surface area contributed by atoms with Crippen molar-refractivity contribution < 1.29 is 23.1 Å². The third-order valence-corrected chi connectivity index (χ3v) is 2.42. The maximum absolute atomic E-state index is 12.7. The standard InChI is InChI=1S/C13H14F2O3/c1-2-18-13(17)10-5-6-11(12(14)15)9(8-10)4-3-7-16/h5-8,12H,2-4H2,1H3. The molecule has 0 heterocycles. The zero-order valence-electron chi connectivity index (χ0n) is 9.99. The Morgan fingerprint density at radius 2 is 2.17 bits per heavy atom. The zero-order valence-corrected chi connectivity index (χ0v) is 9.99. The van der Waals surface area contributed by atoms with Crippen molar-refractivity contribution in [2.45, 2.75) is 26.2 Å². The van der Waals surface area contributed by atoms with Crippen molar-refractivity contribution in [3.05, 3.63) is 34.9 Å². The number of benzene rings is 1. The SMILES string of the molecule is CCOC(=O)c1ccc(C(F)F)c(CCC=O)c1. The summed E-state index contributed by atoms with van der Waals surface area (Å²) in [7, 11) is 0. The first-order chi connectivity index (χ1) is 8.60. The predicted molar refractivity (Wildman–Crippen MR) is 61.7 cm³/mol. The summed E-state index contributed by atoms with van der Waals surface area (Å²) in [5, 5.41) is 0. The van der Waals surface area contributed by atoms with E-state index in [0.29, 0.717) is 11.8 Å². The molecule has 0 saturated carbocycles. The fourth-order valence-corrected chi connectivity index (χ4v) is 1.59. The van der Waals surface area contributed by atoms with Gasteiger partial charge in [-0.25, -0.2) is 13.6 Å². The molecule has 0 spiro atoms. The number of hydrogen-bond acceptors (Lipinski definition) is 3. The van der Waals surface area contributed by atoms with Gasteiger partial charge in [0.05, 0.1) is 12.2 Å². The van der Waals surface area contributed by atoms with Gasteiger partial charge in [0.1, 0.15) is 6.29 Å². The lowest BCUT2D eigenvalue weighted by Crippen LogP contribution is -2.06. The van der Waals surface area contributed by atoms with Crippen LogP contribution in [0.15, 0.2) is 18.2 Å². The normalized spacial score (nSPS) is 10.4. The maximum atomic E-state index is 12.7. The summed E-state index contributed by atoms with van der Waals surface area (Å²) >= 11 is 0. The van der Waals surface area contributed by atoms with Gasteiger partial charge < -0.3 is 9.53 Å². The Hall–Kier alpha value is -1.78. The molecule has 0 amide bonds. The number of aryl methyl sites for hydroxylation is 1. The molecule has 0 aliphatic carbocycles. The van der Waals surface area contributed by atoms with Crippen LogP contribution in [0.3, 0.4) is 0 Å². The molecule has 0 aliphatic heterocycles. The van der Waals surface area contributed by atoms with Gasteiger partial charge in [-0.05, 0) is 31.0 Å². The third-order valence-electron chi connectivity index (χ3n) is 2.42. The van der Waals surface area contributed by atoms with E-state index in [1.54, 1.807) is 6.92 Å². The van der Waals surface area contributed by atoms with Crippen LogP contribution in [0.4, 0.5) is 8.78 Å². The molecule has 0 aliphatic rings. The molecular formula is C13H14F2O3. The van der Waals surface area contributed by atoms with Gasteiger partial charge in [-0.3, -0.25) is 0 Å². The summed E-state index contributed by atoms with van der Waals surface area (Å²) in [4.78, 5) is 21.8. The van der Waals surface area contributed by atoms with Crippen molar-refractivity contribution >= 4 is 12.3 Å². The van der Waals surface area contributed by atoms with E-state index >= 15 is 0 Å². The lowest BCUT2D eigenvalue weighted by atomic mass is 10.0. The first-order valence-electron chi connectivity index (χ1n) is 5.61. The highest BCUT2D eigenvalue weighted by molar-refractivity contribution is 5.89. The lowest BCUT2D eigenvalue weighted by molar-refractivity contribution is -0.107. The largest absolute Gasteiger partial charge is 0.462 e. The van der Waals surface area contributed by atoms with E-state index in [4.69, 9.17) is 4.74 Å². The first kappa shape index (κ1) is 14.3. The van der Waals surface area contributed by atoms with Gasteiger partial charge in [0.15, 0.2) is 0 Å². The van der Waals surface area contributed by atoms with Crippen LogP contribution in [-0.4, -0.2) is 18.9 Å². The highest BCUT2D eigenvalue weighted by Gasteiger charge is 2.15. The highest BCUT2D eigenvalue weighted by atomic mass is 19.3. The number of halogens is 2. The fraction of sp³-hybridized carbons (Fsp3) is 0.385. The van der Waals surface area contributed by atoms with Gasteiger partial charge in [0.25, 0.3) is 6.43 Å². The van der Waals surface area contributed by atoms with E-state index in [2.05, 4.69) is 0 Å². The molecule has 5 heteroatoms. The molecule has 18 heavy (non-hydrogen) atoms. The molecule has 0 N–H and O–H groups in total. The fourth-order valence-electron chi connectivity index (χ4n) is 1.59. The topological polar surface area (TPSA) is 43.4 Å². The Morgan fingerprint density at radius 1 is 1.44 bits per heavy atom. The highest BCUT2D eigenvalue weighted by Crippen LogP contribution is 2.25. The average molecular weight is 256 g/mol. The van der Waals surface area contributed by atoms with Crippen LogP contribution in [0.25, 0.3) is 0 Å². The number of ether oxygens (including phenoxy) is 1. The average Bonchev–Trinajstić information content (AvgIpc) is 2.36. The monoisotopic (exact) mass is 256 g/mol. The number of esters is 1. The van der Waals surface area contributed by atoms with Gasteiger partial charge in [-0.15, -0.1) is 0 Å². The molecule has 1 aromatic carbocycles. The molecule has 0 aromatic heterocycles. The van der Waals surface area contributed by atoms with Gasteiger partial charge in [0, 0.05) is 12.0 Å². The molecule has 0 fully saturated rings. The summed E-state index contributed by atoms with van der Waals surface area (Å²) < 4.78 is 30.3. The van der Waals surface area contributed by atoms with E-state index in [0.717, 1.165) is 0 Å². The second-order valence-corrected chi connectivity index (χ2v) is 3.64. The van der Waals surface area contributed by atoms with Gasteiger partial charge in [-0.1, -0.05) is 6.07 Å². The predicted octanol–water partition coefficient (Wildman–Crippen LogP) is 2.93. The van der Waals surface area contributed by atoms with Crippen LogP contribution in [0.2, 0.25) is 0 Å². The molecule has 0 bridgehead atoms. The Kier molecular flexibility index (Phi) is 5.42. The molecule has 0 atom stereocenters. The van der Waals surface area contributed by atoms with Crippen LogP contribution in [0.1, 0.15) is 41.3 Å².